The molecule has 0 aliphatic carbocycles. The number of amidine groups is 1. The number of hydrogen-bond donors (Lipinski definition) is 0. The standard InChI is InChI=1S/C27H27BrN2O5/c1-5-35-23(31)16-30-24(17-9-7-6-8-10-17)20-15-18(28)11-13-21(20)29-27(30)19-12-14-22(32-2)26(34-4)25(19)33-3/h6-15,24H,5,16H2,1-4H3. The van der Waals surface area contributed by atoms with Crippen LogP contribution in [0.1, 0.15) is 29.7 Å². The number of ether oxygens (including phenoxy) is 4. The maximum Gasteiger partial charge on any atom is 0.325 e. The Bertz CT molecular complexity index is 1250. The molecule has 0 bridgehead atoms. The fraction of sp³-hybridized carbons (Fsp3) is 0.259. The number of nitrogens with zero attached hydrogens (tertiary/aromatic N) is 2. The summed E-state index contributed by atoms with van der Waals surface area (Å²) in [5, 5.41) is 0. The number of aliphatic imine (C=N–C) groups is 1. The molecule has 0 spiro atoms. The quantitative estimate of drug-likeness (QED) is 0.351. The molecule has 0 fully saturated rings. The molecule has 1 heterocycles. The van der Waals surface area contributed by atoms with Crippen LogP contribution in [-0.4, -0.2) is 51.2 Å². The van der Waals surface area contributed by atoms with E-state index >= 15 is 0 Å². The number of methoxy groups -OCH3 is 3. The third kappa shape index (κ3) is 4.84. The third-order valence-electron chi connectivity index (χ3n) is 5.76. The molecule has 1 aliphatic heterocycles. The van der Waals surface area contributed by atoms with Gasteiger partial charge in [0.1, 0.15) is 12.4 Å². The van der Waals surface area contributed by atoms with Crippen LogP contribution in [0.25, 0.3) is 0 Å². The molecule has 0 radical (unpaired) electrons. The van der Waals surface area contributed by atoms with Gasteiger partial charge in [-0.25, -0.2) is 4.99 Å². The van der Waals surface area contributed by atoms with Gasteiger partial charge in [0.25, 0.3) is 0 Å². The van der Waals surface area contributed by atoms with E-state index in [1.54, 1.807) is 34.3 Å². The highest BCUT2D eigenvalue weighted by atomic mass is 79.9. The van der Waals surface area contributed by atoms with Crippen molar-refractivity contribution in [2.24, 2.45) is 4.99 Å². The molecule has 3 aromatic carbocycles. The van der Waals surface area contributed by atoms with Crippen molar-refractivity contribution in [1.82, 2.24) is 4.90 Å². The summed E-state index contributed by atoms with van der Waals surface area (Å²) >= 11 is 3.59. The van der Waals surface area contributed by atoms with Gasteiger partial charge < -0.3 is 23.8 Å². The Balaban J connectivity index is 1.99. The van der Waals surface area contributed by atoms with E-state index in [-0.39, 0.29) is 25.2 Å². The number of carbonyl (C=O) groups is 1. The predicted molar refractivity (Wildman–Crippen MR) is 138 cm³/mol. The Labute approximate surface area is 213 Å². The van der Waals surface area contributed by atoms with Gasteiger partial charge in [-0.2, -0.15) is 0 Å². The smallest absolute Gasteiger partial charge is 0.325 e. The highest BCUT2D eigenvalue weighted by molar-refractivity contribution is 9.10. The van der Waals surface area contributed by atoms with Gasteiger partial charge >= 0.3 is 5.97 Å². The molecule has 1 aliphatic rings. The van der Waals surface area contributed by atoms with E-state index in [0.29, 0.717) is 28.6 Å². The van der Waals surface area contributed by atoms with Crippen LogP contribution in [-0.2, 0) is 9.53 Å². The number of rotatable bonds is 8. The summed E-state index contributed by atoms with van der Waals surface area (Å²) in [7, 11) is 4.70. The van der Waals surface area contributed by atoms with Gasteiger partial charge in [0.15, 0.2) is 11.5 Å². The molecule has 35 heavy (non-hydrogen) atoms. The van der Waals surface area contributed by atoms with Crippen LogP contribution in [0, 0.1) is 0 Å². The maximum absolute atomic E-state index is 12.8. The van der Waals surface area contributed by atoms with Crippen LogP contribution in [0.3, 0.4) is 0 Å². The van der Waals surface area contributed by atoms with E-state index in [1.165, 1.54) is 0 Å². The number of benzene rings is 3. The zero-order valence-corrected chi connectivity index (χ0v) is 21.7. The van der Waals surface area contributed by atoms with Gasteiger partial charge in [0, 0.05) is 10.0 Å². The molecule has 0 saturated carbocycles. The van der Waals surface area contributed by atoms with E-state index in [1.807, 2.05) is 59.5 Å². The van der Waals surface area contributed by atoms with Crippen molar-refractivity contribution in [3.63, 3.8) is 0 Å². The van der Waals surface area contributed by atoms with Gasteiger partial charge in [-0.1, -0.05) is 46.3 Å². The first-order valence-electron chi connectivity index (χ1n) is 11.2. The molecule has 7 nitrogen and oxygen atoms in total. The van der Waals surface area contributed by atoms with Gasteiger partial charge in [-0.15, -0.1) is 0 Å². The normalized spacial score (nSPS) is 14.6. The number of fused-ring (bicyclic) bond motifs is 1. The van der Waals surface area contributed by atoms with Crippen molar-refractivity contribution in [2.75, 3.05) is 34.5 Å². The molecule has 1 atom stereocenters. The molecular weight excluding hydrogens is 512 g/mol. The lowest BCUT2D eigenvalue weighted by atomic mass is 9.92. The Morgan fingerprint density at radius 3 is 2.37 bits per heavy atom. The SMILES string of the molecule is CCOC(=O)CN1C(c2ccc(OC)c(OC)c2OC)=Nc2ccc(Br)cc2C1c1ccccc1. The fourth-order valence-electron chi connectivity index (χ4n) is 4.31. The van der Waals surface area contributed by atoms with Crippen LogP contribution in [0.4, 0.5) is 5.69 Å². The van der Waals surface area contributed by atoms with Crippen molar-refractivity contribution in [2.45, 2.75) is 13.0 Å². The van der Waals surface area contributed by atoms with Crippen molar-refractivity contribution >= 4 is 33.4 Å². The predicted octanol–water partition coefficient (Wildman–Crippen LogP) is 5.52. The second-order valence-electron chi connectivity index (χ2n) is 7.77. The first kappa shape index (κ1) is 24.6. The van der Waals surface area contributed by atoms with Gasteiger partial charge in [0.2, 0.25) is 5.75 Å². The van der Waals surface area contributed by atoms with E-state index < -0.39 is 0 Å². The highest BCUT2D eigenvalue weighted by Gasteiger charge is 2.36. The first-order chi connectivity index (χ1) is 17.0. The highest BCUT2D eigenvalue weighted by Crippen LogP contribution is 2.45. The summed E-state index contributed by atoms with van der Waals surface area (Å²) in [6, 6.07) is 19.4. The average Bonchev–Trinajstić information content (AvgIpc) is 2.88. The summed E-state index contributed by atoms with van der Waals surface area (Å²) in [5.74, 6) is 1.67. The maximum atomic E-state index is 12.8. The molecule has 182 valence electrons. The fourth-order valence-corrected chi connectivity index (χ4v) is 4.69. The van der Waals surface area contributed by atoms with E-state index in [4.69, 9.17) is 23.9 Å². The van der Waals surface area contributed by atoms with Crippen molar-refractivity contribution in [3.05, 3.63) is 81.8 Å². The molecule has 8 heteroatoms. The van der Waals surface area contributed by atoms with Crippen molar-refractivity contribution in [3.8, 4) is 17.2 Å². The Hall–Kier alpha value is -3.52. The molecule has 4 rings (SSSR count). The zero-order chi connectivity index (χ0) is 24.9. The molecule has 3 aromatic rings. The average molecular weight is 539 g/mol. The van der Waals surface area contributed by atoms with Gasteiger partial charge in [-0.3, -0.25) is 4.79 Å². The third-order valence-corrected chi connectivity index (χ3v) is 6.25. The summed E-state index contributed by atoms with van der Waals surface area (Å²) < 4.78 is 23.1. The van der Waals surface area contributed by atoms with Gasteiger partial charge in [-0.05, 0) is 42.8 Å². The van der Waals surface area contributed by atoms with Crippen molar-refractivity contribution < 1.29 is 23.7 Å². The molecule has 0 N–H and O–H groups in total. The van der Waals surface area contributed by atoms with Crippen LogP contribution in [0.15, 0.2) is 70.1 Å². The Morgan fingerprint density at radius 2 is 1.71 bits per heavy atom. The number of halogens is 1. The number of esters is 1. The zero-order valence-electron chi connectivity index (χ0n) is 20.1. The second kappa shape index (κ2) is 10.8. The lowest BCUT2D eigenvalue weighted by Gasteiger charge is -2.38. The largest absolute Gasteiger partial charge is 0.493 e. The van der Waals surface area contributed by atoms with Crippen LogP contribution in [0.5, 0.6) is 17.2 Å². The van der Waals surface area contributed by atoms with Crippen LogP contribution >= 0.6 is 15.9 Å². The Morgan fingerprint density at radius 1 is 0.971 bits per heavy atom. The molecule has 1 unspecified atom stereocenters. The molecule has 0 aromatic heterocycles. The topological polar surface area (TPSA) is 69.6 Å². The minimum Gasteiger partial charge on any atom is -0.493 e. The number of carbonyl (C=O) groups excluding carboxylic acids is 1. The van der Waals surface area contributed by atoms with E-state index in [9.17, 15) is 4.79 Å². The van der Waals surface area contributed by atoms with E-state index in [0.717, 1.165) is 21.3 Å². The number of hydrogen-bond acceptors (Lipinski definition) is 7. The monoisotopic (exact) mass is 538 g/mol. The summed E-state index contributed by atoms with van der Waals surface area (Å²) in [4.78, 5) is 19.8. The lowest BCUT2D eigenvalue weighted by Crippen LogP contribution is -2.42. The summed E-state index contributed by atoms with van der Waals surface area (Å²) in [6.07, 6.45) is 0. The first-order valence-corrected chi connectivity index (χ1v) is 12.0. The molecule has 0 saturated heterocycles. The van der Waals surface area contributed by atoms with Crippen LogP contribution < -0.4 is 14.2 Å². The Kier molecular flexibility index (Phi) is 7.60. The molecule has 0 amide bonds. The van der Waals surface area contributed by atoms with Gasteiger partial charge in [0.05, 0.1) is 45.2 Å². The van der Waals surface area contributed by atoms with E-state index in [2.05, 4.69) is 15.9 Å². The van der Waals surface area contributed by atoms with Crippen molar-refractivity contribution in [1.29, 1.82) is 0 Å². The minimum atomic E-state index is -0.348. The second-order valence-corrected chi connectivity index (χ2v) is 8.68. The lowest BCUT2D eigenvalue weighted by molar-refractivity contribution is -0.143. The summed E-state index contributed by atoms with van der Waals surface area (Å²) in [6.45, 7) is 2.08. The molecular formula is C27H27BrN2O5. The minimum absolute atomic E-state index is 0.00428. The van der Waals surface area contributed by atoms with Crippen LogP contribution in [0.2, 0.25) is 0 Å². The summed E-state index contributed by atoms with van der Waals surface area (Å²) in [5.41, 5.74) is 3.46.